The molecule has 1 fully saturated rings. The topological polar surface area (TPSA) is 83.8 Å². The third-order valence-electron chi connectivity index (χ3n) is 3.36. The third-order valence-corrected chi connectivity index (χ3v) is 3.36. The highest BCUT2D eigenvalue weighted by atomic mass is 16.6. The number of carbonyl (C=O) groups excluding carboxylic acids is 2. The van der Waals surface area contributed by atoms with Crippen molar-refractivity contribution in [2.45, 2.75) is 19.1 Å². The Morgan fingerprint density at radius 3 is 2.50 bits per heavy atom. The number of aliphatic hydroxyl groups is 2. The van der Waals surface area contributed by atoms with Gasteiger partial charge in [-0.25, -0.2) is 0 Å². The molecule has 5 nitrogen and oxygen atoms in total. The molecule has 1 unspecified atom stereocenters. The second kappa shape index (κ2) is 3.26. The first-order chi connectivity index (χ1) is 7.42. The van der Waals surface area contributed by atoms with E-state index in [2.05, 4.69) is 6.58 Å². The fraction of sp³-hybridized carbons (Fsp3) is 0.455. The van der Waals surface area contributed by atoms with E-state index in [0.29, 0.717) is 0 Å². The largest absolute Gasteiger partial charge is 0.428 e. The van der Waals surface area contributed by atoms with Crippen molar-refractivity contribution in [3.63, 3.8) is 0 Å². The first-order valence-corrected chi connectivity index (χ1v) is 4.91. The zero-order valence-electron chi connectivity index (χ0n) is 8.71. The van der Waals surface area contributed by atoms with Crippen LogP contribution in [0, 0.1) is 11.3 Å². The van der Waals surface area contributed by atoms with Crippen LogP contribution in [-0.4, -0.2) is 34.2 Å². The lowest BCUT2D eigenvalue weighted by atomic mass is 9.65. The van der Waals surface area contributed by atoms with Crippen LogP contribution in [0.5, 0.6) is 0 Å². The lowest BCUT2D eigenvalue weighted by Gasteiger charge is -2.37. The van der Waals surface area contributed by atoms with Gasteiger partial charge in [-0.1, -0.05) is 19.6 Å². The van der Waals surface area contributed by atoms with Gasteiger partial charge in [-0.15, -0.1) is 0 Å². The maximum atomic E-state index is 11.7. The van der Waals surface area contributed by atoms with E-state index in [9.17, 15) is 19.8 Å². The summed E-state index contributed by atoms with van der Waals surface area (Å²) in [6, 6.07) is 0. The SMILES string of the molecule is C=C1OC(=O)[C@]2(C1O)[C@H](O)C(=O)C=C[C@@H]2C. The van der Waals surface area contributed by atoms with Crippen LogP contribution in [-0.2, 0) is 14.3 Å². The van der Waals surface area contributed by atoms with Gasteiger partial charge in [-0.3, -0.25) is 9.59 Å². The van der Waals surface area contributed by atoms with E-state index >= 15 is 0 Å². The summed E-state index contributed by atoms with van der Waals surface area (Å²) in [7, 11) is 0. The van der Waals surface area contributed by atoms with Crippen molar-refractivity contribution in [1.82, 2.24) is 0 Å². The number of hydrogen-bond acceptors (Lipinski definition) is 5. The average Bonchev–Trinajstić information content (AvgIpc) is 2.45. The molecule has 86 valence electrons. The summed E-state index contributed by atoms with van der Waals surface area (Å²) >= 11 is 0. The summed E-state index contributed by atoms with van der Waals surface area (Å²) in [5.41, 5.74) is -1.64. The van der Waals surface area contributed by atoms with Crippen LogP contribution in [0.1, 0.15) is 6.92 Å². The Morgan fingerprint density at radius 1 is 1.38 bits per heavy atom. The van der Waals surface area contributed by atoms with E-state index in [-0.39, 0.29) is 5.76 Å². The summed E-state index contributed by atoms with van der Waals surface area (Å²) in [6.07, 6.45) is -0.257. The van der Waals surface area contributed by atoms with Crippen molar-refractivity contribution in [2.75, 3.05) is 0 Å². The first kappa shape index (κ1) is 11.0. The highest BCUT2D eigenvalue weighted by molar-refractivity contribution is 6.01. The number of rotatable bonds is 0. The Kier molecular flexibility index (Phi) is 2.25. The van der Waals surface area contributed by atoms with Gasteiger partial charge in [0.15, 0.2) is 5.78 Å². The minimum Gasteiger partial charge on any atom is -0.428 e. The summed E-state index contributed by atoms with van der Waals surface area (Å²) in [5.74, 6) is -2.03. The predicted molar refractivity (Wildman–Crippen MR) is 53.0 cm³/mol. The highest BCUT2D eigenvalue weighted by Crippen LogP contribution is 2.47. The summed E-state index contributed by atoms with van der Waals surface area (Å²) in [5, 5.41) is 19.8. The van der Waals surface area contributed by atoms with Crippen LogP contribution >= 0.6 is 0 Å². The molecule has 1 saturated heterocycles. The van der Waals surface area contributed by atoms with Gasteiger partial charge in [0, 0.05) is 0 Å². The molecule has 2 rings (SSSR count). The third kappa shape index (κ3) is 1.07. The number of carbonyl (C=O) groups is 2. The van der Waals surface area contributed by atoms with E-state index in [4.69, 9.17) is 4.74 Å². The van der Waals surface area contributed by atoms with Gasteiger partial charge in [0.05, 0.1) is 0 Å². The molecule has 0 amide bonds. The van der Waals surface area contributed by atoms with E-state index in [1.807, 2.05) is 0 Å². The number of esters is 1. The standard InChI is InChI=1S/C11H12O5/c1-5-3-4-7(12)9(14)11(5)8(13)6(2)16-10(11)15/h3-5,8-9,13-14H,2H2,1H3/t5-,8?,9+,11+/m0/s1. The molecule has 0 aromatic carbocycles. The normalized spacial score (nSPS) is 42.9. The lowest BCUT2D eigenvalue weighted by Crippen LogP contribution is -2.55. The number of cyclic esters (lactones) is 1. The zero-order chi connectivity index (χ0) is 12.1. The van der Waals surface area contributed by atoms with Gasteiger partial charge < -0.3 is 14.9 Å². The van der Waals surface area contributed by atoms with Crippen molar-refractivity contribution in [3.8, 4) is 0 Å². The average molecular weight is 224 g/mol. The van der Waals surface area contributed by atoms with E-state index < -0.39 is 35.3 Å². The molecule has 1 aliphatic carbocycles. The molecule has 0 radical (unpaired) electrons. The molecule has 1 spiro atoms. The molecule has 1 aliphatic heterocycles. The van der Waals surface area contributed by atoms with Gasteiger partial charge in [0.2, 0.25) is 0 Å². The number of aliphatic hydroxyl groups excluding tert-OH is 2. The molecule has 0 bridgehead atoms. The Hall–Kier alpha value is -1.46. The molecular weight excluding hydrogens is 212 g/mol. The molecular formula is C11H12O5. The van der Waals surface area contributed by atoms with Gasteiger partial charge in [0.25, 0.3) is 0 Å². The minimum atomic E-state index is -1.64. The summed E-state index contributed by atoms with van der Waals surface area (Å²) in [6.45, 7) is 5.02. The van der Waals surface area contributed by atoms with Crippen LogP contribution in [0.2, 0.25) is 0 Å². The maximum Gasteiger partial charge on any atom is 0.324 e. The monoisotopic (exact) mass is 224 g/mol. The van der Waals surface area contributed by atoms with Gasteiger partial charge >= 0.3 is 5.97 Å². The number of ketones is 1. The van der Waals surface area contributed by atoms with Crippen LogP contribution in [0.25, 0.3) is 0 Å². The lowest BCUT2D eigenvalue weighted by molar-refractivity contribution is -0.163. The predicted octanol–water partition coefficient (Wildman–Crippen LogP) is -0.460. The van der Waals surface area contributed by atoms with Crippen LogP contribution in [0.4, 0.5) is 0 Å². The molecule has 0 saturated carbocycles. The van der Waals surface area contributed by atoms with Crippen molar-refractivity contribution in [2.24, 2.45) is 11.3 Å². The van der Waals surface area contributed by atoms with Crippen LogP contribution in [0.3, 0.4) is 0 Å². The molecule has 2 aliphatic rings. The van der Waals surface area contributed by atoms with Gasteiger partial charge in [-0.2, -0.15) is 0 Å². The highest BCUT2D eigenvalue weighted by Gasteiger charge is 2.64. The van der Waals surface area contributed by atoms with E-state index in [1.165, 1.54) is 12.2 Å². The van der Waals surface area contributed by atoms with Gasteiger partial charge in [-0.05, 0) is 12.0 Å². The Bertz CT molecular complexity index is 411. The molecule has 1 heterocycles. The quantitative estimate of drug-likeness (QED) is 0.544. The molecule has 5 heteroatoms. The number of ether oxygens (including phenoxy) is 1. The summed E-state index contributed by atoms with van der Waals surface area (Å²) in [4.78, 5) is 23.2. The minimum absolute atomic E-state index is 0.126. The smallest absolute Gasteiger partial charge is 0.324 e. The van der Waals surface area contributed by atoms with Crippen LogP contribution in [0.15, 0.2) is 24.5 Å². The van der Waals surface area contributed by atoms with Crippen molar-refractivity contribution < 1.29 is 24.5 Å². The van der Waals surface area contributed by atoms with Crippen molar-refractivity contribution >= 4 is 11.8 Å². The first-order valence-electron chi connectivity index (χ1n) is 4.91. The van der Waals surface area contributed by atoms with Crippen LogP contribution < -0.4 is 0 Å². The Morgan fingerprint density at radius 2 is 2.00 bits per heavy atom. The Labute approximate surface area is 92.0 Å². The fourth-order valence-electron chi connectivity index (χ4n) is 2.31. The second-order valence-corrected chi connectivity index (χ2v) is 4.14. The molecule has 0 aromatic rings. The number of allylic oxidation sites excluding steroid dienone is 1. The Balaban J connectivity index is 2.58. The molecule has 0 aromatic heterocycles. The van der Waals surface area contributed by atoms with E-state index in [0.717, 1.165) is 0 Å². The fourth-order valence-corrected chi connectivity index (χ4v) is 2.31. The molecule has 4 atom stereocenters. The second-order valence-electron chi connectivity index (χ2n) is 4.14. The number of hydrogen-bond donors (Lipinski definition) is 2. The maximum absolute atomic E-state index is 11.7. The van der Waals surface area contributed by atoms with Gasteiger partial charge in [0.1, 0.15) is 23.4 Å². The van der Waals surface area contributed by atoms with E-state index in [1.54, 1.807) is 6.92 Å². The molecule has 16 heavy (non-hydrogen) atoms. The molecule has 2 N–H and O–H groups in total. The zero-order valence-corrected chi connectivity index (χ0v) is 8.71. The van der Waals surface area contributed by atoms with Crippen molar-refractivity contribution in [3.05, 3.63) is 24.5 Å². The van der Waals surface area contributed by atoms with Crippen molar-refractivity contribution in [1.29, 1.82) is 0 Å². The summed E-state index contributed by atoms with van der Waals surface area (Å²) < 4.78 is 4.73.